The molecule has 0 radical (unpaired) electrons. The monoisotopic (exact) mass is 437 g/mol. The molecule has 1 aliphatic heterocycles. The molecule has 1 saturated heterocycles. The Bertz CT molecular complexity index is 841. The summed E-state index contributed by atoms with van der Waals surface area (Å²) in [5, 5.41) is 14.4. The van der Waals surface area contributed by atoms with Crippen LogP contribution in [-0.2, 0) is 9.59 Å². The highest BCUT2D eigenvalue weighted by molar-refractivity contribution is 7.98. The summed E-state index contributed by atoms with van der Waals surface area (Å²) in [5.74, 6) is 1.46. The van der Waals surface area contributed by atoms with E-state index in [1.807, 2.05) is 6.26 Å². The number of rotatable bonds is 4. The van der Waals surface area contributed by atoms with E-state index in [1.54, 1.807) is 24.4 Å². The van der Waals surface area contributed by atoms with Crippen molar-refractivity contribution in [3.63, 3.8) is 0 Å². The van der Waals surface area contributed by atoms with Crippen molar-refractivity contribution in [2.24, 2.45) is 5.73 Å². The number of nitrogens with zero attached hydrogens (tertiary/aromatic N) is 5. The summed E-state index contributed by atoms with van der Waals surface area (Å²) in [6.07, 6.45) is 3.59. The maximum atomic E-state index is 11.6. The van der Waals surface area contributed by atoms with E-state index in [2.05, 4.69) is 24.8 Å². The summed E-state index contributed by atoms with van der Waals surface area (Å²) in [5.41, 5.74) is 11.7. The Kier molecular flexibility index (Phi) is 10.4. The van der Waals surface area contributed by atoms with Gasteiger partial charge in [0.15, 0.2) is 5.16 Å². The third-order valence-electron chi connectivity index (χ3n) is 3.85. The van der Waals surface area contributed by atoms with Gasteiger partial charge in [-0.05, 0) is 18.4 Å². The standard InChI is InChI=1S/C15H19N7OS.2CH2O2/c1-24-15-19-11(16)9-12(20-15)21-5-7-22(8-6-21)14-10(13(17)23)3-2-4-18-14;2*2-1-3/h2-4,9H,5-8H2,1H3,(H2,17,23)(H2,16,19,20);2*1H,(H,2,3). The Labute approximate surface area is 176 Å². The van der Waals surface area contributed by atoms with E-state index in [0.29, 0.717) is 22.4 Å². The largest absolute Gasteiger partial charge is 0.483 e. The Hall–Kier alpha value is -3.61. The summed E-state index contributed by atoms with van der Waals surface area (Å²) in [4.78, 5) is 45.5. The zero-order valence-corrected chi connectivity index (χ0v) is 17.0. The van der Waals surface area contributed by atoms with Gasteiger partial charge in [0.25, 0.3) is 18.9 Å². The average molecular weight is 437 g/mol. The number of carboxylic acid groups (broad SMARTS) is 2. The molecule has 0 unspecified atom stereocenters. The molecule has 3 heterocycles. The molecule has 3 rings (SSSR count). The molecule has 13 heteroatoms. The van der Waals surface area contributed by atoms with E-state index in [0.717, 1.165) is 32.0 Å². The molecule has 162 valence electrons. The minimum atomic E-state index is -0.464. The van der Waals surface area contributed by atoms with Crippen molar-refractivity contribution in [2.45, 2.75) is 5.16 Å². The number of aromatic nitrogens is 3. The van der Waals surface area contributed by atoms with Gasteiger partial charge < -0.3 is 31.5 Å². The van der Waals surface area contributed by atoms with Crippen LogP contribution in [0.2, 0.25) is 0 Å². The highest BCUT2D eigenvalue weighted by atomic mass is 32.2. The molecule has 2 aromatic rings. The number of nitrogen functional groups attached to an aromatic ring is 1. The number of pyridine rings is 1. The highest BCUT2D eigenvalue weighted by Crippen LogP contribution is 2.23. The molecule has 1 fully saturated rings. The van der Waals surface area contributed by atoms with E-state index in [9.17, 15) is 4.79 Å². The lowest BCUT2D eigenvalue weighted by Gasteiger charge is -2.36. The van der Waals surface area contributed by atoms with Gasteiger partial charge in [0.1, 0.15) is 17.5 Å². The van der Waals surface area contributed by atoms with Crippen LogP contribution in [0.15, 0.2) is 29.6 Å². The topological polar surface area (TPSA) is 189 Å². The molecular formula is C17H23N7O5S. The predicted molar refractivity (Wildman–Crippen MR) is 113 cm³/mol. The zero-order valence-electron chi connectivity index (χ0n) is 16.2. The van der Waals surface area contributed by atoms with Crippen LogP contribution in [-0.4, -0.2) is 76.5 Å². The van der Waals surface area contributed by atoms with Crippen LogP contribution < -0.4 is 21.3 Å². The fourth-order valence-corrected chi connectivity index (χ4v) is 3.05. The van der Waals surface area contributed by atoms with Gasteiger partial charge in [0.2, 0.25) is 0 Å². The van der Waals surface area contributed by atoms with Gasteiger partial charge in [-0.3, -0.25) is 14.4 Å². The van der Waals surface area contributed by atoms with Crippen molar-refractivity contribution >= 4 is 48.1 Å². The molecule has 0 spiro atoms. The van der Waals surface area contributed by atoms with E-state index >= 15 is 0 Å². The molecule has 0 saturated carbocycles. The molecule has 6 N–H and O–H groups in total. The summed E-state index contributed by atoms with van der Waals surface area (Å²) < 4.78 is 0. The van der Waals surface area contributed by atoms with Crippen molar-refractivity contribution in [3.05, 3.63) is 30.0 Å². The lowest BCUT2D eigenvalue weighted by molar-refractivity contribution is -0.123. The lowest BCUT2D eigenvalue weighted by Crippen LogP contribution is -2.47. The first-order chi connectivity index (χ1) is 14.4. The van der Waals surface area contributed by atoms with Gasteiger partial charge in [0, 0.05) is 38.4 Å². The molecule has 2 aromatic heterocycles. The molecule has 0 bridgehead atoms. The normalized spacial score (nSPS) is 12.6. The van der Waals surface area contributed by atoms with E-state index in [4.69, 9.17) is 31.3 Å². The second-order valence-electron chi connectivity index (χ2n) is 5.56. The van der Waals surface area contributed by atoms with Crippen LogP contribution in [0.4, 0.5) is 17.5 Å². The second kappa shape index (κ2) is 12.8. The lowest BCUT2D eigenvalue weighted by atomic mass is 10.2. The molecule has 1 amide bonds. The molecule has 0 aliphatic carbocycles. The Morgan fingerprint density at radius 1 is 1.13 bits per heavy atom. The quantitative estimate of drug-likeness (QED) is 0.285. The smallest absolute Gasteiger partial charge is 0.290 e. The van der Waals surface area contributed by atoms with Crippen molar-refractivity contribution in [1.82, 2.24) is 15.0 Å². The number of anilines is 3. The van der Waals surface area contributed by atoms with Crippen molar-refractivity contribution in [1.29, 1.82) is 0 Å². The number of carbonyl (C=O) groups is 3. The molecule has 1 aliphatic rings. The number of piperazine rings is 1. The second-order valence-corrected chi connectivity index (χ2v) is 6.33. The SMILES string of the molecule is CSc1nc(N)cc(N2CCN(c3ncccc3C(N)=O)CC2)n1.O=CO.O=CO. The average Bonchev–Trinajstić information content (AvgIpc) is 2.74. The fraction of sp³-hybridized carbons (Fsp3) is 0.294. The van der Waals surface area contributed by atoms with E-state index in [1.165, 1.54) is 11.8 Å². The van der Waals surface area contributed by atoms with Gasteiger partial charge in [-0.2, -0.15) is 0 Å². The molecule has 12 nitrogen and oxygen atoms in total. The van der Waals surface area contributed by atoms with Gasteiger partial charge in [-0.15, -0.1) is 0 Å². The maximum absolute atomic E-state index is 11.6. The number of nitrogens with two attached hydrogens (primary N) is 2. The summed E-state index contributed by atoms with van der Waals surface area (Å²) in [6, 6.07) is 5.20. The van der Waals surface area contributed by atoms with Crippen LogP contribution in [0.5, 0.6) is 0 Å². The van der Waals surface area contributed by atoms with Crippen LogP contribution >= 0.6 is 11.8 Å². The van der Waals surface area contributed by atoms with Gasteiger partial charge in [-0.1, -0.05) is 11.8 Å². The predicted octanol–water partition coefficient (Wildman–Crippen LogP) is 0.00280. The zero-order chi connectivity index (χ0) is 22.5. The molecule has 30 heavy (non-hydrogen) atoms. The Morgan fingerprint density at radius 3 is 2.23 bits per heavy atom. The van der Waals surface area contributed by atoms with Gasteiger partial charge >= 0.3 is 0 Å². The number of amides is 1. The number of hydrogen-bond donors (Lipinski definition) is 4. The Morgan fingerprint density at radius 2 is 1.70 bits per heavy atom. The third-order valence-corrected chi connectivity index (χ3v) is 4.40. The first kappa shape index (κ1) is 24.4. The first-order valence-corrected chi connectivity index (χ1v) is 9.73. The number of carbonyl (C=O) groups excluding carboxylic acids is 1. The van der Waals surface area contributed by atoms with Gasteiger partial charge in [-0.25, -0.2) is 15.0 Å². The van der Waals surface area contributed by atoms with Crippen LogP contribution in [0, 0.1) is 0 Å². The van der Waals surface area contributed by atoms with Crippen molar-refractivity contribution < 1.29 is 24.6 Å². The minimum Gasteiger partial charge on any atom is -0.483 e. The fourth-order valence-electron chi connectivity index (χ4n) is 2.67. The van der Waals surface area contributed by atoms with Gasteiger partial charge in [0.05, 0.1) is 5.56 Å². The van der Waals surface area contributed by atoms with Crippen LogP contribution in [0.3, 0.4) is 0 Å². The molecule has 0 atom stereocenters. The first-order valence-electron chi connectivity index (χ1n) is 8.50. The summed E-state index contributed by atoms with van der Waals surface area (Å²) in [6.45, 7) is 2.43. The van der Waals surface area contributed by atoms with E-state index < -0.39 is 5.91 Å². The highest BCUT2D eigenvalue weighted by Gasteiger charge is 2.23. The number of thioether (sulfide) groups is 1. The van der Waals surface area contributed by atoms with Crippen LogP contribution in [0.25, 0.3) is 0 Å². The van der Waals surface area contributed by atoms with Crippen molar-refractivity contribution in [3.8, 4) is 0 Å². The number of hydrogen-bond acceptors (Lipinski definition) is 10. The van der Waals surface area contributed by atoms with Crippen molar-refractivity contribution in [2.75, 3.05) is 48.0 Å². The maximum Gasteiger partial charge on any atom is 0.290 e. The summed E-state index contributed by atoms with van der Waals surface area (Å²) in [7, 11) is 0. The molecule has 0 aromatic carbocycles. The van der Waals surface area contributed by atoms with Crippen LogP contribution in [0.1, 0.15) is 10.4 Å². The minimum absolute atomic E-state index is 0.250. The number of primary amides is 1. The summed E-state index contributed by atoms with van der Waals surface area (Å²) >= 11 is 1.46. The Balaban J connectivity index is 0.000000672. The third kappa shape index (κ3) is 7.09. The van der Waals surface area contributed by atoms with E-state index in [-0.39, 0.29) is 12.9 Å². The molecular weight excluding hydrogens is 414 g/mol.